The highest BCUT2D eigenvalue weighted by Crippen LogP contribution is 2.28. The van der Waals surface area contributed by atoms with Crippen molar-refractivity contribution in [2.75, 3.05) is 0 Å². The summed E-state index contributed by atoms with van der Waals surface area (Å²) in [7, 11) is 0. The minimum absolute atomic E-state index is 0.0357. The Morgan fingerprint density at radius 1 is 1.37 bits per heavy atom. The summed E-state index contributed by atoms with van der Waals surface area (Å²) in [6.45, 7) is 6.71. The van der Waals surface area contributed by atoms with E-state index >= 15 is 0 Å². The number of benzene rings is 1. The number of aromatic nitrogens is 1. The van der Waals surface area contributed by atoms with Crippen LogP contribution in [0.2, 0.25) is 0 Å². The Hall–Kier alpha value is -1.20. The van der Waals surface area contributed by atoms with Gasteiger partial charge in [0, 0.05) is 16.6 Å². The first-order chi connectivity index (χ1) is 8.87. The molecule has 0 amide bonds. The third-order valence-electron chi connectivity index (χ3n) is 2.60. The molecule has 19 heavy (non-hydrogen) atoms. The molecule has 102 valence electrons. The van der Waals surface area contributed by atoms with Crippen molar-refractivity contribution in [2.24, 2.45) is 0 Å². The van der Waals surface area contributed by atoms with Crippen molar-refractivity contribution < 1.29 is 8.81 Å². The largest absolute Gasteiger partial charge is 0.443 e. The monoisotopic (exact) mass is 326 g/mol. The number of nitrogens with zero attached hydrogens (tertiary/aromatic N) is 1. The lowest BCUT2D eigenvalue weighted by atomic mass is 10.1. The van der Waals surface area contributed by atoms with Gasteiger partial charge in [-0.05, 0) is 39.0 Å². The molecular weight excluding hydrogens is 311 g/mol. The molecule has 2 aromatic rings. The maximum atomic E-state index is 13.9. The van der Waals surface area contributed by atoms with Gasteiger partial charge in [0.05, 0.1) is 5.56 Å². The SMILES string of the molecule is CC(C)(C)NCc1ncoc1-c1cc(Br)ccc1F. The van der Waals surface area contributed by atoms with Crippen LogP contribution in [-0.4, -0.2) is 10.5 Å². The molecule has 5 heteroatoms. The molecule has 0 radical (unpaired) electrons. The van der Waals surface area contributed by atoms with Crippen molar-refractivity contribution in [1.29, 1.82) is 0 Å². The molecule has 0 aliphatic heterocycles. The van der Waals surface area contributed by atoms with E-state index in [4.69, 9.17) is 4.42 Å². The topological polar surface area (TPSA) is 38.1 Å². The standard InChI is InChI=1S/C14H16BrFN2O/c1-14(2,3)18-7-12-13(19-8-17-12)10-6-9(15)4-5-11(10)16/h4-6,8,18H,7H2,1-3H3. The van der Waals surface area contributed by atoms with E-state index < -0.39 is 0 Å². The summed E-state index contributed by atoms with van der Waals surface area (Å²) in [4.78, 5) is 4.16. The van der Waals surface area contributed by atoms with Gasteiger partial charge in [0.15, 0.2) is 12.2 Å². The second kappa shape index (κ2) is 5.43. The van der Waals surface area contributed by atoms with Crippen LogP contribution in [0, 0.1) is 5.82 Å². The average Bonchev–Trinajstić information content (AvgIpc) is 2.77. The van der Waals surface area contributed by atoms with Gasteiger partial charge in [0.2, 0.25) is 0 Å². The van der Waals surface area contributed by atoms with Crippen molar-refractivity contribution in [3.8, 4) is 11.3 Å². The molecule has 1 aromatic heterocycles. The summed E-state index contributed by atoms with van der Waals surface area (Å²) in [5.41, 5.74) is 1.08. The van der Waals surface area contributed by atoms with Crippen LogP contribution in [0.25, 0.3) is 11.3 Å². The van der Waals surface area contributed by atoms with Crippen molar-refractivity contribution in [3.63, 3.8) is 0 Å². The molecule has 0 unspecified atom stereocenters. The molecule has 1 heterocycles. The highest BCUT2D eigenvalue weighted by Gasteiger charge is 2.17. The van der Waals surface area contributed by atoms with Gasteiger partial charge in [-0.25, -0.2) is 9.37 Å². The summed E-state index contributed by atoms with van der Waals surface area (Å²) in [6, 6.07) is 4.75. The van der Waals surface area contributed by atoms with Crippen molar-refractivity contribution in [3.05, 3.63) is 40.6 Å². The van der Waals surface area contributed by atoms with E-state index in [0.29, 0.717) is 23.6 Å². The van der Waals surface area contributed by atoms with E-state index in [1.54, 1.807) is 12.1 Å². The van der Waals surface area contributed by atoms with E-state index in [0.717, 1.165) is 4.47 Å². The predicted molar refractivity (Wildman–Crippen MR) is 76.2 cm³/mol. The van der Waals surface area contributed by atoms with Gasteiger partial charge in [0.1, 0.15) is 11.5 Å². The molecule has 0 aliphatic carbocycles. The second-order valence-electron chi connectivity index (χ2n) is 5.36. The Bertz CT molecular complexity index is 575. The highest BCUT2D eigenvalue weighted by atomic mass is 79.9. The summed E-state index contributed by atoms with van der Waals surface area (Å²) < 4.78 is 20.0. The molecule has 0 saturated heterocycles. The number of halogens is 2. The highest BCUT2D eigenvalue weighted by molar-refractivity contribution is 9.10. The summed E-state index contributed by atoms with van der Waals surface area (Å²) in [5.74, 6) is 0.146. The first-order valence-electron chi connectivity index (χ1n) is 5.99. The zero-order valence-electron chi connectivity index (χ0n) is 11.1. The summed E-state index contributed by atoms with van der Waals surface area (Å²) >= 11 is 3.33. The Balaban J connectivity index is 2.31. The number of nitrogens with one attached hydrogen (secondary N) is 1. The quantitative estimate of drug-likeness (QED) is 0.921. The molecule has 0 spiro atoms. The van der Waals surface area contributed by atoms with Gasteiger partial charge < -0.3 is 9.73 Å². The smallest absolute Gasteiger partial charge is 0.181 e. The van der Waals surface area contributed by atoms with Gasteiger partial charge in [-0.1, -0.05) is 15.9 Å². The maximum Gasteiger partial charge on any atom is 0.181 e. The number of hydrogen-bond donors (Lipinski definition) is 1. The Kier molecular flexibility index (Phi) is 4.06. The van der Waals surface area contributed by atoms with E-state index in [1.807, 2.05) is 0 Å². The fraction of sp³-hybridized carbons (Fsp3) is 0.357. The molecule has 3 nitrogen and oxygen atoms in total. The van der Waals surface area contributed by atoms with E-state index in [1.165, 1.54) is 12.5 Å². The van der Waals surface area contributed by atoms with Gasteiger partial charge in [-0.15, -0.1) is 0 Å². The fourth-order valence-electron chi connectivity index (χ4n) is 1.63. The lowest BCUT2D eigenvalue weighted by Gasteiger charge is -2.19. The van der Waals surface area contributed by atoms with Gasteiger partial charge in [0.25, 0.3) is 0 Å². The van der Waals surface area contributed by atoms with Crippen LogP contribution < -0.4 is 5.32 Å². The number of hydrogen-bond acceptors (Lipinski definition) is 3. The molecule has 2 rings (SSSR count). The summed E-state index contributed by atoms with van der Waals surface area (Å²) in [6.07, 6.45) is 1.34. The third kappa shape index (κ3) is 3.64. The zero-order valence-corrected chi connectivity index (χ0v) is 12.7. The van der Waals surface area contributed by atoms with E-state index in [9.17, 15) is 4.39 Å². The van der Waals surface area contributed by atoms with Crippen molar-refractivity contribution in [1.82, 2.24) is 10.3 Å². The molecule has 0 bridgehead atoms. The molecule has 0 fully saturated rings. The van der Waals surface area contributed by atoms with Crippen LogP contribution in [0.15, 0.2) is 33.5 Å². The van der Waals surface area contributed by atoms with Crippen molar-refractivity contribution in [2.45, 2.75) is 32.9 Å². The van der Waals surface area contributed by atoms with Crippen LogP contribution >= 0.6 is 15.9 Å². The van der Waals surface area contributed by atoms with Crippen LogP contribution in [0.1, 0.15) is 26.5 Å². The number of oxazole rings is 1. The van der Waals surface area contributed by atoms with Crippen molar-refractivity contribution >= 4 is 15.9 Å². The molecule has 0 atom stereocenters. The first-order valence-corrected chi connectivity index (χ1v) is 6.79. The third-order valence-corrected chi connectivity index (χ3v) is 3.09. The zero-order chi connectivity index (χ0) is 14.0. The van der Waals surface area contributed by atoms with E-state index in [-0.39, 0.29) is 11.4 Å². The molecule has 1 aromatic carbocycles. The van der Waals surface area contributed by atoms with Gasteiger partial charge in [-0.2, -0.15) is 0 Å². The first kappa shape index (κ1) is 14.2. The molecule has 0 saturated carbocycles. The minimum Gasteiger partial charge on any atom is -0.443 e. The minimum atomic E-state index is -0.322. The van der Waals surface area contributed by atoms with Crippen LogP contribution in [0.3, 0.4) is 0 Å². The van der Waals surface area contributed by atoms with Gasteiger partial charge >= 0.3 is 0 Å². The second-order valence-corrected chi connectivity index (χ2v) is 6.27. The van der Waals surface area contributed by atoms with Crippen LogP contribution in [0.4, 0.5) is 4.39 Å². The fourth-order valence-corrected chi connectivity index (χ4v) is 2.00. The normalized spacial score (nSPS) is 11.8. The molecule has 0 aliphatic rings. The van der Waals surface area contributed by atoms with E-state index in [2.05, 4.69) is 47.0 Å². The lowest BCUT2D eigenvalue weighted by molar-refractivity contribution is 0.421. The summed E-state index contributed by atoms with van der Waals surface area (Å²) in [5, 5.41) is 3.31. The Labute approximate surface area is 120 Å². The van der Waals surface area contributed by atoms with Crippen LogP contribution in [0.5, 0.6) is 0 Å². The average molecular weight is 327 g/mol. The van der Waals surface area contributed by atoms with Gasteiger partial charge in [-0.3, -0.25) is 0 Å². The molecular formula is C14H16BrFN2O. The maximum absolute atomic E-state index is 13.9. The molecule has 1 N–H and O–H groups in total. The van der Waals surface area contributed by atoms with Crippen LogP contribution in [-0.2, 0) is 6.54 Å². The Morgan fingerprint density at radius 2 is 2.11 bits per heavy atom. The number of rotatable bonds is 3. The lowest BCUT2D eigenvalue weighted by Crippen LogP contribution is -2.35. The Morgan fingerprint density at radius 3 is 2.79 bits per heavy atom. The predicted octanol–water partition coefficient (Wildman–Crippen LogP) is 4.13.